The third-order valence-corrected chi connectivity index (χ3v) is 3.28. The summed E-state index contributed by atoms with van der Waals surface area (Å²) in [5.74, 6) is -1.24. The second kappa shape index (κ2) is 7.82. The molecule has 1 heterocycles. The van der Waals surface area contributed by atoms with E-state index in [-0.39, 0.29) is 24.2 Å². The summed E-state index contributed by atoms with van der Waals surface area (Å²) in [6, 6.07) is -0.310. The molecule has 1 aromatic rings. The fourth-order valence-electron chi connectivity index (χ4n) is 1.32. The normalized spacial score (nSPS) is 12.1. The number of aromatic nitrogens is 1. The Morgan fingerprint density at radius 1 is 1.58 bits per heavy atom. The number of rotatable bonds is 8. The van der Waals surface area contributed by atoms with E-state index in [1.54, 1.807) is 14.0 Å². The van der Waals surface area contributed by atoms with Gasteiger partial charge < -0.3 is 20.5 Å². The Hall–Kier alpha value is -1.51. The average Bonchev–Trinajstić information content (AvgIpc) is 2.84. The molecule has 19 heavy (non-hydrogen) atoms. The molecule has 0 saturated heterocycles. The van der Waals surface area contributed by atoms with Gasteiger partial charge in [-0.2, -0.15) is 0 Å². The lowest BCUT2D eigenvalue weighted by Gasteiger charge is -2.11. The Balaban J connectivity index is 2.38. The van der Waals surface area contributed by atoms with Crippen molar-refractivity contribution < 1.29 is 19.4 Å². The number of thiazole rings is 1. The van der Waals surface area contributed by atoms with E-state index in [2.05, 4.69) is 15.6 Å². The predicted molar refractivity (Wildman–Crippen MR) is 70.4 cm³/mol. The van der Waals surface area contributed by atoms with Crippen LogP contribution in [-0.2, 0) is 9.53 Å². The van der Waals surface area contributed by atoms with E-state index < -0.39 is 5.97 Å². The van der Waals surface area contributed by atoms with E-state index in [9.17, 15) is 9.59 Å². The lowest BCUT2D eigenvalue weighted by molar-refractivity contribution is -0.120. The van der Waals surface area contributed by atoms with E-state index in [0.29, 0.717) is 18.2 Å². The number of carboxylic acid groups (broad SMARTS) is 1. The zero-order valence-corrected chi connectivity index (χ0v) is 11.6. The molecule has 106 valence electrons. The van der Waals surface area contributed by atoms with Gasteiger partial charge in [-0.1, -0.05) is 0 Å². The van der Waals surface area contributed by atoms with Gasteiger partial charge in [-0.05, 0) is 6.92 Å². The highest BCUT2D eigenvalue weighted by atomic mass is 32.1. The summed E-state index contributed by atoms with van der Waals surface area (Å²) in [6.07, 6.45) is 0. The molecule has 0 aliphatic heterocycles. The number of ether oxygens (including phenoxy) is 1. The van der Waals surface area contributed by atoms with Crippen molar-refractivity contribution in [1.29, 1.82) is 0 Å². The van der Waals surface area contributed by atoms with Crippen LogP contribution in [-0.4, -0.2) is 48.8 Å². The van der Waals surface area contributed by atoms with Gasteiger partial charge in [0.15, 0.2) is 5.69 Å². The first-order valence-electron chi connectivity index (χ1n) is 5.72. The molecule has 0 aliphatic carbocycles. The molecular formula is C11H17N3O4S. The summed E-state index contributed by atoms with van der Waals surface area (Å²) in [6.45, 7) is 3.08. The number of methoxy groups -OCH3 is 1. The maximum atomic E-state index is 11.6. The molecule has 0 saturated carbocycles. The largest absolute Gasteiger partial charge is 0.476 e. The van der Waals surface area contributed by atoms with Crippen molar-refractivity contribution in [2.24, 2.45) is 0 Å². The summed E-state index contributed by atoms with van der Waals surface area (Å²) >= 11 is 1.21. The summed E-state index contributed by atoms with van der Waals surface area (Å²) in [5.41, 5.74) is -0.000631. The molecule has 0 radical (unpaired) electrons. The van der Waals surface area contributed by atoms with Gasteiger partial charge >= 0.3 is 5.97 Å². The highest BCUT2D eigenvalue weighted by molar-refractivity contribution is 7.09. The number of carbonyl (C=O) groups is 2. The van der Waals surface area contributed by atoms with Gasteiger partial charge in [-0.25, -0.2) is 9.78 Å². The fraction of sp³-hybridized carbons (Fsp3) is 0.545. The molecule has 3 N–H and O–H groups in total. The van der Waals surface area contributed by atoms with Crippen molar-refractivity contribution in [2.75, 3.05) is 26.8 Å². The lowest BCUT2D eigenvalue weighted by atomic mass is 10.3. The molecule has 0 aromatic carbocycles. The Morgan fingerprint density at radius 3 is 2.89 bits per heavy atom. The molecule has 0 aliphatic rings. The van der Waals surface area contributed by atoms with Gasteiger partial charge in [0.05, 0.1) is 19.2 Å². The third kappa shape index (κ3) is 5.33. The minimum Gasteiger partial charge on any atom is -0.476 e. The lowest BCUT2D eigenvalue weighted by Crippen LogP contribution is -2.36. The zero-order chi connectivity index (χ0) is 14.3. The molecule has 1 aromatic heterocycles. The first-order chi connectivity index (χ1) is 9.04. The highest BCUT2D eigenvalue weighted by Crippen LogP contribution is 2.17. The van der Waals surface area contributed by atoms with Gasteiger partial charge in [0.25, 0.3) is 0 Å². The summed E-state index contributed by atoms with van der Waals surface area (Å²) in [4.78, 5) is 26.2. The maximum absolute atomic E-state index is 11.6. The van der Waals surface area contributed by atoms with Crippen LogP contribution >= 0.6 is 11.3 Å². The van der Waals surface area contributed by atoms with E-state index in [0.717, 1.165) is 0 Å². The Kier molecular flexibility index (Phi) is 6.40. The fourth-order valence-corrected chi connectivity index (χ4v) is 2.12. The minimum absolute atomic E-state index is 0.000631. The number of aromatic carboxylic acids is 1. The van der Waals surface area contributed by atoms with Crippen LogP contribution in [0, 0.1) is 0 Å². The zero-order valence-electron chi connectivity index (χ0n) is 10.8. The smallest absolute Gasteiger partial charge is 0.355 e. The van der Waals surface area contributed by atoms with Crippen LogP contribution in [0.2, 0.25) is 0 Å². The van der Waals surface area contributed by atoms with Crippen LogP contribution in [0.5, 0.6) is 0 Å². The van der Waals surface area contributed by atoms with Crippen LogP contribution < -0.4 is 10.6 Å². The molecule has 0 fully saturated rings. The molecule has 7 nitrogen and oxygen atoms in total. The number of amides is 1. The van der Waals surface area contributed by atoms with Crippen molar-refractivity contribution in [3.63, 3.8) is 0 Å². The van der Waals surface area contributed by atoms with Gasteiger partial charge in [0.1, 0.15) is 5.01 Å². The highest BCUT2D eigenvalue weighted by Gasteiger charge is 2.15. The van der Waals surface area contributed by atoms with Gasteiger partial charge in [-0.15, -0.1) is 11.3 Å². The topological polar surface area (TPSA) is 101 Å². The van der Waals surface area contributed by atoms with Crippen molar-refractivity contribution >= 4 is 23.2 Å². The number of carbonyl (C=O) groups excluding carboxylic acids is 1. The summed E-state index contributed by atoms with van der Waals surface area (Å²) in [5, 5.41) is 16.4. The van der Waals surface area contributed by atoms with Crippen molar-refractivity contribution in [3.8, 4) is 0 Å². The number of hydrogen-bond acceptors (Lipinski definition) is 6. The van der Waals surface area contributed by atoms with E-state index in [1.165, 1.54) is 16.7 Å². The molecule has 0 bridgehead atoms. The average molecular weight is 287 g/mol. The Bertz CT molecular complexity index is 435. The maximum Gasteiger partial charge on any atom is 0.355 e. The second-order valence-electron chi connectivity index (χ2n) is 3.83. The molecule has 1 rings (SSSR count). The first-order valence-corrected chi connectivity index (χ1v) is 6.60. The first kappa shape index (κ1) is 15.5. The Labute approximate surface area is 115 Å². The minimum atomic E-state index is -1.07. The van der Waals surface area contributed by atoms with Gasteiger partial charge in [0, 0.05) is 19.0 Å². The monoisotopic (exact) mass is 287 g/mol. The standard InChI is InChI=1S/C11H17N3O4S/c1-7(10-14-8(6-19-10)11(16)17)13-9(15)5-12-3-4-18-2/h6-7,12H,3-5H2,1-2H3,(H,13,15)(H,16,17). The number of nitrogens with one attached hydrogen (secondary N) is 2. The van der Waals surface area contributed by atoms with E-state index in [1.807, 2.05) is 0 Å². The van der Waals surface area contributed by atoms with Crippen LogP contribution in [0.4, 0.5) is 0 Å². The van der Waals surface area contributed by atoms with Crippen LogP contribution in [0.25, 0.3) is 0 Å². The Morgan fingerprint density at radius 2 is 2.32 bits per heavy atom. The van der Waals surface area contributed by atoms with Crippen LogP contribution in [0.3, 0.4) is 0 Å². The van der Waals surface area contributed by atoms with Crippen molar-refractivity contribution in [2.45, 2.75) is 13.0 Å². The summed E-state index contributed by atoms with van der Waals surface area (Å²) in [7, 11) is 1.59. The molecule has 0 spiro atoms. The number of carboxylic acids is 1. The van der Waals surface area contributed by atoms with E-state index >= 15 is 0 Å². The van der Waals surface area contributed by atoms with Crippen molar-refractivity contribution in [3.05, 3.63) is 16.1 Å². The SMILES string of the molecule is COCCNCC(=O)NC(C)c1nc(C(=O)O)cs1. The third-order valence-electron chi connectivity index (χ3n) is 2.26. The second-order valence-corrected chi connectivity index (χ2v) is 4.72. The van der Waals surface area contributed by atoms with Crippen LogP contribution in [0.1, 0.15) is 28.5 Å². The van der Waals surface area contributed by atoms with Crippen LogP contribution in [0.15, 0.2) is 5.38 Å². The predicted octanol–water partition coefficient (Wildman–Crippen LogP) is 0.254. The van der Waals surface area contributed by atoms with Gasteiger partial charge in [0.2, 0.25) is 5.91 Å². The van der Waals surface area contributed by atoms with Crippen molar-refractivity contribution in [1.82, 2.24) is 15.6 Å². The molecule has 8 heteroatoms. The number of hydrogen-bond donors (Lipinski definition) is 3. The number of nitrogens with zero attached hydrogens (tertiary/aromatic N) is 1. The molecular weight excluding hydrogens is 270 g/mol. The quantitative estimate of drug-likeness (QED) is 0.593. The van der Waals surface area contributed by atoms with Gasteiger partial charge in [-0.3, -0.25) is 4.79 Å². The van der Waals surface area contributed by atoms with E-state index in [4.69, 9.17) is 9.84 Å². The molecule has 1 atom stereocenters. The molecule has 1 amide bonds. The summed E-state index contributed by atoms with van der Waals surface area (Å²) < 4.78 is 4.84. The molecule has 1 unspecified atom stereocenters.